The molecule has 2 aromatic heterocycles. The van der Waals surface area contributed by atoms with Crippen molar-refractivity contribution in [2.45, 2.75) is 51.0 Å². The topological polar surface area (TPSA) is 93.1 Å². The van der Waals surface area contributed by atoms with E-state index in [0.29, 0.717) is 55.5 Å². The van der Waals surface area contributed by atoms with Crippen molar-refractivity contribution in [1.82, 2.24) is 19.9 Å². The quantitative estimate of drug-likeness (QED) is 0.251. The number of methoxy groups -OCH3 is 1. The van der Waals surface area contributed by atoms with Crippen LogP contribution in [-0.2, 0) is 4.74 Å². The van der Waals surface area contributed by atoms with E-state index in [1.165, 1.54) is 31.4 Å². The van der Waals surface area contributed by atoms with E-state index in [1.54, 1.807) is 0 Å². The Kier molecular flexibility index (Phi) is 8.49. The number of fused-ring (bicyclic) bond motifs is 3. The predicted molar refractivity (Wildman–Crippen MR) is 176 cm³/mol. The summed E-state index contributed by atoms with van der Waals surface area (Å²) >= 11 is 0. The van der Waals surface area contributed by atoms with Crippen molar-refractivity contribution >= 4 is 27.5 Å². The van der Waals surface area contributed by atoms with Crippen molar-refractivity contribution in [1.29, 1.82) is 0 Å². The van der Waals surface area contributed by atoms with Gasteiger partial charge in [-0.05, 0) is 75.7 Å². The fourth-order valence-corrected chi connectivity index (χ4v) is 7.97. The Bertz CT molecular complexity index is 1870. The Hall–Kier alpha value is -4.27. The number of benzene rings is 2. The zero-order valence-corrected chi connectivity index (χ0v) is 26.8. The maximum atomic E-state index is 17.1. The van der Waals surface area contributed by atoms with E-state index in [0.717, 1.165) is 51.5 Å². The van der Waals surface area contributed by atoms with Gasteiger partial charge in [-0.1, -0.05) is 18.4 Å². The van der Waals surface area contributed by atoms with Crippen molar-refractivity contribution < 1.29 is 28.1 Å². The molecule has 3 aliphatic rings. The summed E-state index contributed by atoms with van der Waals surface area (Å²) in [6.45, 7) is 3.85. The van der Waals surface area contributed by atoms with Gasteiger partial charge in [0.1, 0.15) is 34.0 Å². The Morgan fingerprint density at radius 2 is 1.89 bits per heavy atom. The molecule has 47 heavy (non-hydrogen) atoms. The summed E-state index contributed by atoms with van der Waals surface area (Å²) in [5.74, 6) is 1.34. The minimum atomic E-state index is -0.786. The summed E-state index contributed by atoms with van der Waals surface area (Å²) in [6, 6.07) is 5.97. The largest absolute Gasteiger partial charge is 0.508 e. The third-order valence-electron chi connectivity index (χ3n) is 10.2. The van der Waals surface area contributed by atoms with Crippen LogP contribution in [0.25, 0.3) is 32.9 Å². The molecule has 1 saturated carbocycles. The van der Waals surface area contributed by atoms with E-state index in [2.05, 4.69) is 27.8 Å². The highest BCUT2D eigenvalue weighted by molar-refractivity contribution is 6.04. The number of terminal acetylenes is 1. The van der Waals surface area contributed by atoms with E-state index in [4.69, 9.17) is 25.6 Å². The Balaban J connectivity index is 1.42. The molecule has 3 fully saturated rings. The van der Waals surface area contributed by atoms with Crippen molar-refractivity contribution in [2.24, 2.45) is 5.41 Å². The second-order valence-corrected chi connectivity index (χ2v) is 12.9. The minimum absolute atomic E-state index is 0.0182. The molecular formula is C36H39F2N5O4. The van der Waals surface area contributed by atoms with Gasteiger partial charge in [-0.15, -0.1) is 6.42 Å². The second kappa shape index (κ2) is 12.7. The van der Waals surface area contributed by atoms with Crippen LogP contribution < -0.4 is 14.4 Å². The molecule has 7 rings (SSSR count). The third kappa shape index (κ3) is 5.57. The fourth-order valence-electron chi connectivity index (χ4n) is 7.97. The van der Waals surface area contributed by atoms with Crippen LogP contribution in [0.2, 0.25) is 0 Å². The van der Waals surface area contributed by atoms with Gasteiger partial charge in [0.2, 0.25) is 5.88 Å². The first-order valence-corrected chi connectivity index (χ1v) is 16.4. The van der Waals surface area contributed by atoms with Crippen LogP contribution in [-0.4, -0.2) is 84.6 Å². The van der Waals surface area contributed by atoms with Gasteiger partial charge in [-0.3, -0.25) is 0 Å². The number of anilines is 1. The number of pyridine rings is 1. The third-order valence-corrected chi connectivity index (χ3v) is 10.2. The number of nitrogens with zero attached hydrogens (tertiary/aromatic N) is 5. The number of likely N-dealkylation sites (tertiary alicyclic amines) is 1. The first-order valence-electron chi connectivity index (χ1n) is 16.4. The lowest BCUT2D eigenvalue weighted by Crippen LogP contribution is -2.50. The van der Waals surface area contributed by atoms with Crippen LogP contribution in [0.15, 0.2) is 24.3 Å². The summed E-state index contributed by atoms with van der Waals surface area (Å²) in [7, 11) is 3.62. The highest BCUT2D eigenvalue weighted by Gasteiger charge is 2.47. The summed E-state index contributed by atoms with van der Waals surface area (Å²) in [4.78, 5) is 18.6. The first-order chi connectivity index (χ1) is 22.8. The number of hydrogen-bond acceptors (Lipinski definition) is 9. The predicted octanol–water partition coefficient (Wildman–Crippen LogP) is 6.08. The maximum Gasteiger partial charge on any atom is 0.319 e. The zero-order chi connectivity index (χ0) is 32.7. The molecule has 0 amide bonds. The molecule has 246 valence electrons. The molecule has 0 spiro atoms. The number of phenolic OH excluding ortho intramolecular Hbond substituents is 1. The van der Waals surface area contributed by atoms with Crippen LogP contribution in [0.4, 0.5) is 14.6 Å². The monoisotopic (exact) mass is 643 g/mol. The Morgan fingerprint density at radius 3 is 2.72 bits per heavy atom. The average molecular weight is 644 g/mol. The van der Waals surface area contributed by atoms with Crippen molar-refractivity contribution in [3.05, 3.63) is 41.5 Å². The van der Waals surface area contributed by atoms with Gasteiger partial charge in [0, 0.05) is 42.1 Å². The van der Waals surface area contributed by atoms with Crippen molar-refractivity contribution in [2.75, 3.05) is 58.5 Å². The fraction of sp³-hybridized carbons (Fsp3) is 0.472. The molecular weight excluding hydrogens is 604 g/mol. The number of hydrogen-bond donors (Lipinski definition) is 1. The van der Waals surface area contributed by atoms with Crippen LogP contribution in [0.5, 0.6) is 17.6 Å². The summed E-state index contributed by atoms with van der Waals surface area (Å²) < 4.78 is 50.0. The molecule has 2 unspecified atom stereocenters. The highest BCUT2D eigenvalue weighted by atomic mass is 19.1. The Morgan fingerprint density at radius 1 is 1.04 bits per heavy atom. The van der Waals surface area contributed by atoms with Gasteiger partial charge in [0.25, 0.3) is 0 Å². The van der Waals surface area contributed by atoms with Crippen LogP contribution in [0.3, 0.4) is 0 Å². The lowest BCUT2D eigenvalue weighted by molar-refractivity contribution is 0.0133. The maximum absolute atomic E-state index is 17.1. The molecule has 2 saturated heterocycles. The Labute approximate surface area is 272 Å². The SMILES string of the molecule is C#Cc1c(F)ccc2cc(O)cc(-c3nc(OC)c4c(N5CCCCOCC5)nc(OCC56CCCC5N(C)CCC6)nc4c3F)c12. The number of rotatable bonds is 6. The van der Waals surface area contributed by atoms with E-state index in [9.17, 15) is 9.50 Å². The van der Waals surface area contributed by atoms with Gasteiger partial charge >= 0.3 is 6.01 Å². The lowest BCUT2D eigenvalue weighted by atomic mass is 9.76. The van der Waals surface area contributed by atoms with E-state index in [-0.39, 0.29) is 50.8 Å². The van der Waals surface area contributed by atoms with Gasteiger partial charge in [-0.2, -0.15) is 9.97 Å². The van der Waals surface area contributed by atoms with E-state index >= 15 is 4.39 Å². The standard InChI is InChI=1S/C36H39F2N5O4/c1-4-24-26(37)11-10-22-19-23(44)20-25(28(22)24)31-30(38)32-29(34(39-31)45-3)33(43-15-5-6-17-46-18-16-43)41-35(40-32)47-21-36-12-7-9-27(36)42(2)14-8-13-36/h1,10-11,19-20,27,44H,5-9,12-18,21H2,2-3H3. The van der Waals surface area contributed by atoms with Crippen LogP contribution >= 0.6 is 0 Å². The van der Waals surface area contributed by atoms with E-state index in [1.807, 2.05) is 4.90 Å². The molecule has 11 heteroatoms. The highest BCUT2D eigenvalue weighted by Crippen LogP contribution is 2.48. The van der Waals surface area contributed by atoms with Crippen LogP contribution in [0.1, 0.15) is 50.5 Å². The molecule has 4 heterocycles. The molecule has 1 N–H and O–H groups in total. The molecule has 4 aromatic rings. The number of aromatic nitrogens is 3. The first kappa shape index (κ1) is 31.3. The molecule has 2 aliphatic heterocycles. The average Bonchev–Trinajstić information content (AvgIpc) is 3.49. The summed E-state index contributed by atoms with van der Waals surface area (Å²) in [6.07, 6.45) is 12.9. The van der Waals surface area contributed by atoms with Gasteiger partial charge in [-0.25, -0.2) is 13.8 Å². The molecule has 9 nitrogen and oxygen atoms in total. The zero-order valence-electron chi connectivity index (χ0n) is 26.8. The normalized spacial score (nSPS) is 22.1. The molecule has 2 aromatic carbocycles. The number of ether oxygens (including phenoxy) is 3. The van der Waals surface area contributed by atoms with Gasteiger partial charge < -0.3 is 29.1 Å². The number of phenols is 1. The number of aromatic hydroxyl groups is 1. The number of halogens is 2. The minimum Gasteiger partial charge on any atom is -0.508 e. The van der Waals surface area contributed by atoms with E-state index < -0.39 is 11.6 Å². The van der Waals surface area contributed by atoms with Crippen molar-refractivity contribution in [3.8, 4) is 41.2 Å². The molecule has 0 bridgehead atoms. The second-order valence-electron chi connectivity index (χ2n) is 12.9. The van der Waals surface area contributed by atoms with Crippen LogP contribution in [0, 0.1) is 29.4 Å². The number of piperidine rings is 1. The summed E-state index contributed by atoms with van der Waals surface area (Å²) in [5.41, 5.74) is -0.201. The lowest BCUT2D eigenvalue weighted by Gasteiger charge is -2.44. The molecule has 1 aliphatic carbocycles. The molecule has 0 radical (unpaired) electrons. The van der Waals surface area contributed by atoms with Gasteiger partial charge in [0.05, 0.1) is 25.9 Å². The molecule has 2 atom stereocenters. The summed E-state index contributed by atoms with van der Waals surface area (Å²) in [5, 5.41) is 11.6. The van der Waals surface area contributed by atoms with Crippen molar-refractivity contribution in [3.63, 3.8) is 0 Å². The van der Waals surface area contributed by atoms with Gasteiger partial charge in [0.15, 0.2) is 5.82 Å². The smallest absolute Gasteiger partial charge is 0.319 e.